The minimum Gasteiger partial charge on any atom is -0.310 e. The van der Waals surface area contributed by atoms with Crippen molar-refractivity contribution in [2.75, 3.05) is 4.90 Å². The van der Waals surface area contributed by atoms with Gasteiger partial charge in [-0.15, -0.1) is 0 Å². The fourth-order valence-electron chi connectivity index (χ4n) is 2.59. The Balaban J connectivity index is 2.14. The van der Waals surface area contributed by atoms with E-state index >= 15 is 0 Å². The molecule has 0 amide bonds. The third-order valence-electron chi connectivity index (χ3n) is 3.71. The van der Waals surface area contributed by atoms with E-state index in [1.54, 1.807) is 12.1 Å². The van der Waals surface area contributed by atoms with Crippen molar-refractivity contribution in [2.45, 2.75) is 6.92 Å². The van der Waals surface area contributed by atoms with E-state index in [1.165, 1.54) is 6.07 Å². The molecule has 0 atom stereocenters. The zero-order valence-electron chi connectivity index (χ0n) is 13.0. The van der Waals surface area contributed by atoms with Crippen molar-refractivity contribution in [1.29, 1.82) is 0 Å². The van der Waals surface area contributed by atoms with Gasteiger partial charge in [-0.3, -0.25) is 0 Å². The van der Waals surface area contributed by atoms with Crippen LogP contribution in [0.5, 0.6) is 0 Å². The van der Waals surface area contributed by atoms with Crippen LogP contribution >= 0.6 is 0 Å². The molecular formula is C21H18FN. The van der Waals surface area contributed by atoms with Crippen molar-refractivity contribution in [3.8, 4) is 0 Å². The van der Waals surface area contributed by atoms with Crippen molar-refractivity contribution in [3.05, 3.63) is 96.3 Å². The van der Waals surface area contributed by atoms with Gasteiger partial charge < -0.3 is 4.90 Å². The summed E-state index contributed by atoms with van der Waals surface area (Å²) in [5.41, 5.74) is 4.99. The molecule has 23 heavy (non-hydrogen) atoms. The van der Waals surface area contributed by atoms with Crippen LogP contribution in [-0.2, 0) is 0 Å². The second-order valence-corrected chi connectivity index (χ2v) is 5.45. The average Bonchev–Trinajstić information content (AvgIpc) is 2.56. The molecule has 0 fully saturated rings. The monoisotopic (exact) mass is 303 g/mol. The minimum atomic E-state index is -0.247. The van der Waals surface area contributed by atoms with E-state index in [-0.39, 0.29) is 5.82 Å². The predicted octanol–water partition coefficient (Wildman–Crippen LogP) is 6.25. The standard InChI is InChI=1S/C21H18FN/c1-3-17-10-12-19(13-11-17)23(20-8-4-6-16(2)14-20)21-9-5-7-18(22)15-21/h3-15H,1H2,2H3. The van der Waals surface area contributed by atoms with Gasteiger partial charge in [0.2, 0.25) is 0 Å². The highest BCUT2D eigenvalue weighted by Crippen LogP contribution is 2.35. The maximum atomic E-state index is 13.7. The van der Waals surface area contributed by atoms with Crippen LogP contribution in [0.3, 0.4) is 0 Å². The van der Waals surface area contributed by atoms with E-state index in [4.69, 9.17) is 0 Å². The summed E-state index contributed by atoms with van der Waals surface area (Å²) in [6.07, 6.45) is 1.81. The highest BCUT2D eigenvalue weighted by molar-refractivity contribution is 5.77. The molecule has 2 heteroatoms. The summed E-state index contributed by atoms with van der Waals surface area (Å²) in [5.74, 6) is -0.247. The van der Waals surface area contributed by atoms with Gasteiger partial charge in [-0.25, -0.2) is 4.39 Å². The minimum absolute atomic E-state index is 0.247. The molecule has 0 aliphatic rings. The lowest BCUT2D eigenvalue weighted by Gasteiger charge is -2.26. The number of aryl methyl sites for hydroxylation is 1. The first kappa shape index (κ1) is 15.0. The van der Waals surface area contributed by atoms with Crippen molar-refractivity contribution in [3.63, 3.8) is 0 Å². The van der Waals surface area contributed by atoms with E-state index in [1.807, 2.05) is 66.4 Å². The second-order valence-electron chi connectivity index (χ2n) is 5.45. The van der Waals surface area contributed by atoms with E-state index in [2.05, 4.69) is 12.6 Å². The molecule has 0 radical (unpaired) electrons. The molecule has 0 bridgehead atoms. The molecule has 0 aromatic heterocycles. The fraction of sp³-hybridized carbons (Fsp3) is 0.0476. The van der Waals surface area contributed by atoms with Gasteiger partial charge in [0.05, 0.1) is 0 Å². The van der Waals surface area contributed by atoms with E-state index in [9.17, 15) is 4.39 Å². The van der Waals surface area contributed by atoms with Gasteiger partial charge in [0, 0.05) is 17.1 Å². The number of hydrogen-bond acceptors (Lipinski definition) is 1. The van der Waals surface area contributed by atoms with Gasteiger partial charge in [0.1, 0.15) is 5.82 Å². The molecule has 0 unspecified atom stereocenters. The number of benzene rings is 3. The first-order chi connectivity index (χ1) is 11.2. The summed E-state index contributed by atoms with van der Waals surface area (Å²) < 4.78 is 13.7. The van der Waals surface area contributed by atoms with Crippen molar-refractivity contribution >= 4 is 23.1 Å². The lowest BCUT2D eigenvalue weighted by atomic mass is 10.1. The number of nitrogens with zero attached hydrogens (tertiary/aromatic N) is 1. The molecule has 0 N–H and O–H groups in total. The third kappa shape index (κ3) is 3.32. The molecule has 3 aromatic carbocycles. The molecule has 114 valence electrons. The summed E-state index contributed by atoms with van der Waals surface area (Å²) in [6, 6.07) is 22.9. The summed E-state index contributed by atoms with van der Waals surface area (Å²) in [5, 5.41) is 0. The number of rotatable bonds is 4. The zero-order valence-corrected chi connectivity index (χ0v) is 13.0. The van der Waals surface area contributed by atoms with Crippen LogP contribution in [0.15, 0.2) is 79.4 Å². The Bertz CT molecular complexity index is 776. The normalized spacial score (nSPS) is 10.3. The smallest absolute Gasteiger partial charge is 0.125 e. The second kappa shape index (κ2) is 6.49. The Hall–Kier alpha value is -2.87. The van der Waals surface area contributed by atoms with Crippen LogP contribution < -0.4 is 4.90 Å². The first-order valence-electron chi connectivity index (χ1n) is 7.52. The van der Waals surface area contributed by atoms with Crippen LogP contribution in [0, 0.1) is 12.7 Å². The summed E-state index contributed by atoms with van der Waals surface area (Å²) >= 11 is 0. The number of anilines is 3. The Morgan fingerprint density at radius 2 is 1.48 bits per heavy atom. The van der Waals surface area contributed by atoms with Crippen LogP contribution in [0.25, 0.3) is 6.08 Å². The van der Waals surface area contributed by atoms with E-state index in [0.29, 0.717) is 0 Å². The Kier molecular flexibility index (Phi) is 4.24. The van der Waals surface area contributed by atoms with Crippen molar-refractivity contribution in [2.24, 2.45) is 0 Å². The number of halogens is 1. The molecule has 3 rings (SSSR count). The van der Waals surface area contributed by atoms with E-state index < -0.39 is 0 Å². The highest BCUT2D eigenvalue weighted by atomic mass is 19.1. The van der Waals surface area contributed by atoms with Gasteiger partial charge in [0.25, 0.3) is 0 Å². The number of hydrogen-bond donors (Lipinski definition) is 0. The molecule has 0 aliphatic heterocycles. The maximum absolute atomic E-state index is 13.7. The third-order valence-corrected chi connectivity index (χ3v) is 3.71. The fourth-order valence-corrected chi connectivity index (χ4v) is 2.59. The molecule has 0 heterocycles. The van der Waals surface area contributed by atoms with Crippen LogP contribution in [0.1, 0.15) is 11.1 Å². The van der Waals surface area contributed by atoms with Gasteiger partial charge in [-0.1, -0.05) is 43.0 Å². The molecule has 1 nitrogen and oxygen atoms in total. The SMILES string of the molecule is C=Cc1ccc(N(c2cccc(C)c2)c2cccc(F)c2)cc1. The first-order valence-corrected chi connectivity index (χ1v) is 7.52. The molecule has 0 saturated heterocycles. The van der Waals surface area contributed by atoms with Gasteiger partial charge in [-0.05, 0) is 60.5 Å². The summed E-state index contributed by atoms with van der Waals surface area (Å²) in [7, 11) is 0. The zero-order chi connectivity index (χ0) is 16.2. The Morgan fingerprint density at radius 1 is 0.826 bits per heavy atom. The average molecular weight is 303 g/mol. The Labute approximate surface area is 136 Å². The quantitative estimate of drug-likeness (QED) is 0.551. The molecule has 0 spiro atoms. The maximum Gasteiger partial charge on any atom is 0.125 e. The molecule has 0 saturated carbocycles. The summed E-state index contributed by atoms with van der Waals surface area (Å²) in [4.78, 5) is 2.04. The van der Waals surface area contributed by atoms with Crippen molar-refractivity contribution < 1.29 is 4.39 Å². The van der Waals surface area contributed by atoms with Gasteiger partial charge >= 0.3 is 0 Å². The highest BCUT2D eigenvalue weighted by Gasteiger charge is 2.12. The largest absolute Gasteiger partial charge is 0.310 e. The van der Waals surface area contributed by atoms with Gasteiger partial charge in [0.15, 0.2) is 0 Å². The topological polar surface area (TPSA) is 3.24 Å². The Morgan fingerprint density at radius 3 is 2.09 bits per heavy atom. The predicted molar refractivity (Wildman–Crippen MR) is 95.9 cm³/mol. The van der Waals surface area contributed by atoms with E-state index in [0.717, 1.165) is 28.2 Å². The van der Waals surface area contributed by atoms with Crippen LogP contribution in [-0.4, -0.2) is 0 Å². The lowest BCUT2D eigenvalue weighted by molar-refractivity contribution is 0.628. The molecular weight excluding hydrogens is 285 g/mol. The lowest BCUT2D eigenvalue weighted by Crippen LogP contribution is -2.10. The van der Waals surface area contributed by atoms with Crippen LogP contribution in [0.2, 0.25) is 0 Å². The molecule has 3 aromatic rings. The summed E-state index contributed by atoms with van der Waals surface area (Å²) in [6.45, 7) is 5.83. The molecule has 0 aliphatic carbocycles. The van der Waals surface area contributed by atoms with Crippen molar-refractivity contribution in [1.82, 2.24) is 0 Å². The van der Waals surface area contributed by atoms with Gasteiger partial charge in [-0.2, -0.15) is 0 Å². The van der Waals surface area contributed by atoms with Crippen LogP contribution in [0.4, 0.5) is 21.5 Å².